The molecule has 31 heavy (non-hydrogen) atoms. The number of aliphatic hydroxyl groups excluding tert-OH is 1. The van der Waals surface area contributed by atoms with E-state index in [4.69, 9.17) is 33.7 Å². The van der Waals surface area contributed by atoms with Crippen LogP contribution in [-0.2, 0) is 16.0 Å². The first-order valence-corrected chi connectivity index (χ1v) is 11.3. The molecule has 0 aliphatic carbocycles. The van der Waals surface area contributed by atoms with Crippen molar-refractivity contribution in [2.75, 3.05) is 32.0 Å². The highest BCUT2D eigenvalue weighted by molar-refractivity contribution is 6.38. The van der Waals surface area contributed by atoms with E-state index >= 15 is 0 Å². The topological polar surface area (TPSA) is 88.7 Å². The third kappa shape index (κ3) is 9.03. The van der Waals surface area contributed by atoms with Gasteiger partial charge in [-0.2, -0.15) is 0 Å². The Labute approximate surface area is 194 Å². The Morgan fingerprint density at radius 1 is 1.16 bits per heavy atom. The minimum atomic E-state index is -0.882. The van der Waals surface area contributed by atoms with Gasteiger partial charge in [0.2, 0.25) is 5.91 Å². The zero-order valence-corrected chi connectivity index (χ0v) is 19.4. The summed E-state index contributed by atoms with van der Waals surface area (Å²) in [7, 11) is 0. The molecule has 1 atom stereocenters. The number of aromatic nitrogens is 1. The van der Waals surface area contributed by atoms with Crippen LogP contribution in [0.15, 0.2) is 36.5 Å². The van der Waals surface area contributed by atoms with Gasteiger partial charge in [-0.15, -0.1) is 0 Å². The molecule has 1 heterocycles. The SMILES string of the molecule is CC(=O)N(CCCCCCOCCc1ccccn1)CC(O)c1cc(Cl)c(N)c(Cl)c1. The predicted molar refractivity (Wildman–Crippen MR) is 125 cm³/mol. The van der Waals surface area contributed by atoms with Crippen LogP contribution in [-0.4, -0.2) is 47.2 Å². The molecular formula is C23H31Cl2N3O3. The Bertz CT molecular complexity index is 798. The van der Waals surface area contributed by atoms with Crippen molar-refractivity contribution in [1.29, 1.82) is 0 Å². The molecule has 0 fully saturated rings. The first-order valence-electron chi connectivity index (χ1n) is 10.5. The summed E-state index contributed by atoms with van der Waals surface area (Å²) in [5.41, 5.74) is 7.60. The van der Waals surface area contributed by atoms with Crippen LogP contribution in [0.3, 0.4) is 0 Å². The number of nitrogens with two attached hydrogens (primary N) is 1. The van der Waals surface area contributed by atoms with Crippen LogP contribution in [0.4, 0.5) is 5.69 Å². The second kappa shape index (κ2) is 13.5. The molecule has 0 spiro atoms. The fraction of sp³-hybridized carbons (Fsp3) is 0.478. The first-order chi connectivity index (χ1) is 14.9. The highest BCUT2D eigenvalue weighted by Crippen LogP contribution is 2.31. The number of nitrogen functional groups attached to an aromatic ring is 1. The average molecular weight is 468 g/mol. The number of carbonyl (C=O) groups excluding carboxylic acids is 1. The summed E-state index contributed by atoms with van der Waals surface area (Å²) < 4.78 is 5.66. The molecular weight excluding hydrogens is 437 g/mol. The van der Waals surface area contributed by atoms with Gasteiger partial charge in [-0.3, -0.25) is 9.78 Å². The molecule has 0 bridgehead atoms. The second-order valence-corrected chi connectivity index (χ2v) is 8.29. The number of unbranched alkanes of at least 4 members (excludes halogenated alkanes) is 3. The van der Waals surface area contributed by atoms with E-state index in [-0.39, 0.29) is 28.2 Å². The van der Waals surface area contributed by atoms with Crippen LogP contribution in [0.2, 0.25) is 10.0 Å². The Kier molecular flexibility index (Phi) is 11.1. The monoisotopic (exact) mass is 467 g/mol. The average Bonchev–Trinajstić information content (AvgIpc) is 2.75. The Morgan fingerprint density at radius 2 is 1.87 bits per heavy atom. The molecule has 0 aliphatic heterocycles. The number of carbonyl (C=O) groups is 1. The van der Waals surface area contributed by atoms with Crippen molar-refractivity contribution < 1.29 is 14.6 Å². The molecule has 1 aromatic carbocycles. The van der Waals surface area contributed by atoms with Gasteiger partial charge in [0, 0.05) is 38.4 Å². The molecule has 6 nitrogen and oxygen atoms in total. The number of anilines is 1. The lowest BCUT2D eigenvalue weighted by atomic mass is 10.1. The molecule has 8 heteroatoms. The number of benzene rings is 1. The van der Waals surface area contributed by atoms with Crippen molar-refractivity contribution in [2.24, 2.45) is 0 Å². The van der Waals surface area contributed by atoms with Gasteiger partial charge in [-0.05, 0) is 42.7 Å². The third-order valence-electron chi connectivity index (χ3n) is 5.02. The second-order valence-electron chi connectivity index (χ2n) is 7.48. The summed E-state index contributed by atoms with van der Waals surface area (Å²) in [6, 6.07) is 9.05. The van der Waals surface area contributed by atoms with E-state index in [1.165, 1.54) is 6.92 Å². The largest absolute Gasteiger partial charge is 0.396 e. The van der Waals surface area contributed by atoms with E-state index in [1.54, 1.807) is 23.2 Å². The number of nitrogens with zero attached hydrogens (tertiary/aromatic N) is 2. The van der Waals surface area contributed by atoms with Crippen molar-refractivity contribution in [3.8, 4) is 0 Å². The molecule has 170 valence electrons. The maximum atomic E-state index is 12.0. The number of hydrogen-bond acceptors (Lipinski definition) is 5. The minimum Gasteiger partial charge on any atom is -0.396 e. The van der Waals surface area contributed by atoms with Gasteiger partial charge in [-0.25, -0.2) is 0 Å². The fourth-order valence-electron chi connectivity index (χ4n) is 3.17. The fourth-order valence-corrected chi connectivity index (χ4v) is 3.68. The van der Waals surface area contributed by atoms with E-state index in [1.807, 2.05) is 18.2 Å². The summed E-state index contributed by atoms with van der Waals surface area (Å²) in [6.45, 7) is 3.67. The number of hydrogen-bond donors (Lipinski definition) is 2. The molecule has 1 amide bonds. The molecule has 3 N–H and O–H groups in total. The maximum Gasteiger partial charge on any atom is 0.219 e. The molecule has 2 aromatic rings. The summed E-state index contributed by atoms with van der Waals surface area (Å²) in [6.07, 6.45) is 5.59. The number of amides is 1. The quantitative estimate of drug-likeness (QED) is 0.329. The molecule has 0 aliphatic rings. The van der Waals surface area contributed by atoms with Gasteiger partial charge >= 0.3 is 0 Å². The van der Waals surface area contributed by atoms with Crippen LogP contribution in [0.25, 0.3) is 0 Å². The number of ether oxygens (including phenoxy) is 1. The van der Waals surface area contributed by atoms with E-state index < -0.39 is 6.10 Å². The lowest BCUT2D eigenvalue weighted by Gasteiger charge is -2.24. The zero-order chi connectivity index (χ0) is 22.6. The number of aliphatic hydroxyl groups is 1. The Balaban J connectivity index is 1.63. The van der Waals surface area contributed by atoms with E-state index in [0.29, 0.717) is 18.7 Å². The number of pyridine rings is 1. The molecule has 0 radical (unpaired) electrons. The number of rotatable bonds is 13. The lowest BCUT2D eigenvalue weighted by molar-refractivity contribution is -0.130. The van der Waals surface area contributed by atoms with Gasteiger partial charge in [0.1, 0.15) is 0 Å². The van der Waals surface area contributed by atoms with Crippen LogP contribution in [0.5, 0.6) is 0 Å². The number of halogens is 2. The highest BCUT2D eigenvalue weighted by atomic mass is 35.5. The molecule has 2 rings (SSSR count). The smallest absolute Gasteiger partial charge is 0.219 e. The van der Waals surface area contributed by atoms with Crippen LogP contribution in [0, 0.1) is 0 Å². The normalized spacial score (nSPS) is 12.0. The summed E-state index contributed by atoms with van der Waals surface area (Å²) >= 11 is 12.1. The van der Waals surface area contributed by atoms with E-state index in [2.05, 4.69) is 4.98 Å². The van der Waals surface area contributed by atoms with Crippen molar-refractivity contribution in [3.05, 3.63) is 57.8 Å². The summed E-state index contributed by atoms with van der Waals surface area (Å²) in [4.78, 5) is 17.9. The van der Waals surface area contributed by atoms with Gasteiger partial charge in [0.05, 0.1) is 35.0 Å². The van der Waals surface area contributed by atoms with Crippen molar-refractivity contribution >= 4 is 34.8 Å². The Morgan fingerprint density at radius 3 is 2.52 bits per heavy atom. The lowest BCUT2D eigenvalue weighted by Crippen LogP contribution is -2.33. The molecule has 1 unspecified atom stereocenters. The molecule has 1 aromatic heterocycles. The van der Waals surface area contributed by atoms with Gasteiger partial charge in [0.15, 0.2) is 0 Å². The standard InChI is InChI=1S/C23H31Cl2N3O3/c1-17(29)28(16-22(30)18-14-20(24)23(26)21(25)15-18)11-6-2-3-7-12-31-13-9-19-8-4-5-10-27-19/h4-5,8,10,14-15,22,30H,2-3,6-7,9,11-13,16,26H2,1H3. The summed E-state index contributed by atoms with van der Waals surface area (Å²) in [5, 5.41) is 11.1. The molecule has 0 saturated heterocycles. The van der Waals surface area contributed by atoms with E-state index in [0.717, 1.165) is 44.4 Å². The highest BCUT2D eigenvalue weighted by Gasteiger charge is 2.17. The van der Waals surface area contributed by atoms with Crippen LogP contribution in [0.1, 0.15) is 50.0 Å². The predicted octanol–water partition coefficient (Wildman–Crippen LogP) is 4.67. The minimum absolute atomic E-state index is 0.0791. The van der Waals surface area contributed by atoms with E-state index in [9.17, 15) is 9.90 Å². The van der Waals surface area contributed by atoms with Crippen molar-refractivity contribution in [1.82, 2.24) is 9.88 Å². The van der Waals surface area contributed by atoms with Crippen LogP contribution >= 0.6 is 23.2 Å². The molecule has 0 saturated carbocycles. The third-order valence-corrected chi connectivity index (χ3v) is 5.65. The van der Waals surface area contributed by atoms with Gasteiger partial charge < -0.3 is 20.5 Å². The van der Waals surface area contributed by atoms with Crippen molar-refractivity contribution in [2.45, 2.75) is 45.1 Å². The summed E-state index contributed by atoms with van der Waals surface area (Å²) in [5.74, 6) is -0.0791. The van der Waals surface area contributed by atoms with Gasteiger partial charge in [-0.1, -0.05) is 42.1 Å². The zero-order valence-electron chi connectivity index (χ0n) is 17.9. The van der Waals surface area contributed by atoms with Gasteiger partial charge in [0.25, 0.3) is 0 Å². The van der Waals surface area contributed by atoms with Crippen LogP contribution < -0.4 is 5.73 Å². The first kappa shape index (κ1) is 25.4. The Hall–Kier alpha value is -1.86. The maximum absolute atomic E-state index is 12.0. The van der Waals surface area contributed by atoms with Crippen molar-refractivity contribution in [3.63, 3.8) is 0 Å².